The highest BCUT2D eigenvalue weighted by molar-refractivity contribution is 6.17. The Hall–Kier alpha value is -0.280. The van der Waals surface area contributed by atoms with Crippen LogP contribution in [0.4, 0.5) is 0 Å². The largest absolute Gasteiger partial charge is 0.381 e. The monoisotopic (exact) mass is 261 g/mol. The fourth-order valence-corrected chi connectivity index (χ4v) is 2.29. The summed E-state index contributed by atoms with van der Waals surface area (Å²) >= 11 is 5.80. The van der Waals surface area contributed by atoms with E-state index in [-0.39, 0.29) is 23.3 Å². The van der Waals surface area contributed by atoms with Crippen LogP contribution >= 0.6 is 11.6 Å². The van der Waals surface area contributed by atoms with Crippen molar-refractivity contribution in [1.29, 1.82) is 0 Å². The molecule has 0 aromatic heterocycles. The summed E-state index contributed by atoms with van der Waals surface area (Å²) in [5, 5.41) is 3.12. The Bertz CT molecular complexity index is 244. The van der Waals surface area contributed by atoms with Crippen LogP contribution in [0.3, 0.4) is 0 Å². The molecule has 17 heavy (non-hydrogen) atoms. The van der Waals surface area contributed by atoms with Crippen molar-refractivity contribution in [1.82, 2.24) is 5.32 Å². The molecule has 4 heteroatoms. The molecule has 1 rings (SSSR count). The molecule has 0 spiro atoms. The number of nitrogens with one attached hydrogen (secondary N) is 1. The van der Waals surface area contributed by atoms with E-state index in [1.165, 1.54) is 0 Å². The molecule has 0 bridgehead atoms. The SMILES string of the molecule is CC(C)(C)C(CCCl)NC(=O)C1CCCOC1. The number of halogens is 1. The van der Waals surface area contributed by atoms with E-state index in [1.807, 2.05) is 0 Å². The van der Waals surface area contributed by atoms with E-state index in [4.69, 9.17) is 16.3 Å². The molecule has 1 saturated heterocycles. The van der Waals surface area contributed by atoms with E-state index < -0.39 is 0 Å². The Labute approximate surface area is 109 Å². The van der Waals surface area contributed by atoms with E-state index in [9.17, 15) is 4.79 Å². The fourth-order valence-electron chi connectivity index (χ4n) is 2.07. The van der Waals surface area contributed by atoms with Crippen molar-refractivity contribution in [2.24, 2.45) is 11.3 Å². The van der Waals surface area contributed by atoms with Crippen LogP contribution in [0.1, 0.15) is 40.0 Å². The zero-order chi connectivity index (χ0) is 12.9. The molecule has 1 N–H and O–H groups in total. The lowest BCUT2D eigenvalue weighted by atomic mass is 9.84. The van der Waals surface area contributed by atoms with Crippen LogP contribution in [-0.4, -0.2) is 31.0 Å². The van der Waals surface area contributed by atoms with Gasteiger partial charge < -0.3 is 10.1 Å². The van der Waals surface area contributed by atoms with Crippen molar-refractivity contribution < 1.29 is 9.53 Å². The molecule has 2 atom stereocenters. The summed E-state index contributed by atoms with van der Waals surface area (Å²) in [5.74, 6) is 0.710. The maximum absolute atomic E-state index is 12.1. The number of carbonyl (C=O) groups is 1. The second kappa shape index (κ2) is 6.60. The van der Waals surface area contributed by atoms with Gasteiger partial charge in [0.25, 0.3) is 0 Å². The first kappa shape index (κ1) is 14.8. The van der Waals surface area contributed by atoms with Crippen LogP contribution in [-0.2, 0) is 9.53 Å². The topological polar surface area (TPSA) is 38.3 Å². The van der Waals surface area contributed by atoms with Crippen LogP contribution in [0.5, 0.6) is 0 Å². The maximum atomic E-state index is 12.1. The van der Waals surface area contributed by atoms with Crippen molar-refractivity contribution in [2.45, 2.75) is 46.1 Å². The number of hydrogen-bond donors (Lipinski definition) is 1. The molecule has 0 saturated carbocycles. The Morgan fingerprint density at radius 3 is 2.71 bits per heavy atom. The van der Waals surface area contributed by atoms with Gasteiger partial charge in [-0.3, -0.25) is 4.79 Å². The molecule has 0 aromatic carbocycles. The number of hydrogen-bond acceptors (Lipinski definition) is 2. The Morgan fingerprint density at radius 1 is 1.53 bits per heavy atom. The minimum absolute atomic E-state index is 0.0175. The average molecular weight is 262 g/mol. The lowest BCUT2D eigenvalue weighted by Crippen LogP contribution is -2.47. The zero-order valence-electron chi connectivity index (χ0n) is 11.1. The molecular formula is C13H24ClNO2. The van der Waals surface area contributed by atoms with Crippen LogP contribution in [0, 0.1) is 11.3 Å². The van der Waals surface area contributed by atoms with Crippen molar-refractivity contribution in [3.05, 3.63) is 0 Å². The highest BCUT2D eigenvalue weighted by Crippen LogP contribution is 2.23. The van der Waals surface area contributed by atoms with E-state index in [0.717, 1.165) is 25.9 Å². The fraction of sp³-hybridized carbons (Fsp3) is 0.923. The zero-order valence-corrected chi connectivity index (χ0v) is 11.8. The van der Waals surface area contributed by atoms with Crippen molar-refractivity contribution in [3.63, 3.8) is 0 Å². The van der Waals surface area contributed by atoms with Gasteiger partial charge in [0.2, 0.25) is 5.91 Å². The van der Waals surface area contributed by atoms with E-state index >= 15 is 0 Å². The first-order valence-electron chi connectivity index (χ1n) is 6.39. The van der Waals surface area contributed by atoms with Gasteiger partial charge in [0.15, 0.2) is 0 Å². The van der Waals surface area contributed by atoms with E-state index in [2.05, 4.69) is 26.1 Å². The maximum Gasteiger partial charge on any atom is 0.225 e. The normalized spacial score (nSPS) is 23.2. The predicted octanol–water partition coefficient (Wildman–Crippen LogP) is 2.57. The molecule has 3 nitrogen and oxygen atoms in total. The van der Waals surface area contributed by atoms with Gasteiger partial charge in [0, 0.05) is 18.5 Å². The third-order valence-corrected chi connectivity index (χ3v) is 3.51. The quantitative estimate of drug-likeness (QED) is 0.790. The van der Waals surface area contributed by atoms with Crippen molar-refractivity contribution in [2.75, 3.05) is 19.1 Å². The first-order chi connectivity index (χ1) is 7.95. The van der Waals surface area contributed by atoms with E-state index in [0.29, 0.717) is 12.5 Å². The highest BCUT2D eigenvalue weighted by atomic mass is 35.5. The molecule has 0 radical (unpaired) electrons. The lowest BCUT2D eigenvalue weighted by Gasteiger charge is -2.33. The number of ether oxygens (including phenoxy) is 1. The van der Waals surface area contributed by atoms with Gasteiger partial charge >= 0.3 is 0 Å². The first-order valence-corrected chi connectivity index (χ1v) is 6.92. The molecule has 100 valence electrons. The molecule has 1 heterocycles. The van der Waals surface area contributed by atoms with Gasteiger partial charge in [0.05, 0.1) is 12.5 Å². The van der Waals surface area contributed by atoms with Crippen molar-refractivity contribution >= 4 is 17.5 Å². The standard InChI is InChI=1S/C13H24ClNO2/c1-13(2,3)11(6-7-14)15-12(16)10-5-4-8-17-9-10/h10-11H,4-9H2,1-3H3,(H,15,16). The summed E-state index contributed by atoms with van der Waals surface area (Å²) in [4.78, 5) is 12.1. The predicted molar refractivity (Wildman–Crippen MR) is 70.3 cm³/mol. The summed E-state index contributed by atoms with van der Waals surface area (Å²) in [6.45, 7) is 7.73. The Morgan fingerprint density at radius 2 is 2.24 bits per heavy atom. The molecule has 0 aromatic rings. The van der Waals surface area contributed by atoms with Crippen LogP contribution in [0.2, 0.25) is 0 Å². The minimum Gasteiger partial charge on any atom is -0.381 e. The molecular weight excluding hydrogens is 238 g/mol. The lowest BCUT2D eigenvalue weighted by molar-refractivity contribution is -0.130. The molecule has 1 aliphatic heterocycles. The second-order valence-electron chi connectivity index (χ2n) is 5.82. The van der Waals surface area contributed by atoms with Gasteiger partial charge in [-0.15, -0.1) is 11.6 Å². The van der Waals surface area contributed by atoms with Gasteiger partial charge in [-0.1, -0.05) is 20.8 Å². The summed E-state index contributed by atoms with van der Waals surface area (Å²) < 4.78 is 5.34. The van der Waals surface area contributed by atoms with Gasteiger partial charge in [-0.25, -0.2) is 0 Å². The average Bonchev–Trinajstić information content (AvgIpc) is 2.28. The number of amides is 1. The summed E-state index contributed by atoms with van der Waals surface area (Å²) in [6, 6.07) is 0.134. The van der Waals surface area contributed by atoms with E-state index in [1.54, 1.807) is 0 Å². The smallest absolute Gasteiger partial charge is 0.225 e. The van der Waals surface area contributed by atoms with Crippen LogP contribution in [0.25, 0.3) is 0 Å². The van der Waals surface area contributed by atoms with Gasteiger partial charge in [-0.2, -0.15) is 0 Å². The van der Waals surface area contributed by atoms with Crippen molar-refractivity contribution in [3.8, 4) is 0 Å². The van der Waals surface area contributed by atoms with Gasteiger partial charge in [0.1, 0.15) is 0 Å². The second-order valence-corrected chi connectivity index (χ2v) is 6.20. The number of rotatable bonds is 4. The van der Waals surface area contributed by atoms with Gasteiger partial charge in [-0.05, 0) is 24.7 Å². The highest BCUT2D eigenvalue weighted by Gasteiger charge is 2.29. The Kier molecular flexibility index (Phi) is 5.74. The molecule has 1 amide bonds. The molecule has 1 aliphatic rings. The molecule has 0 aliphatic carbocycles. The molecule has 1 fully saturated rings. The minimum atomic E-state index is 0.0175. The third kappa shape index (κ3) is 4.84. The third-order valence-electron chi connectivity index (χ3n) is 3.29. The Balaban J connectivity index is 2.51. The number of carbonyl (C=O) groups excluding carboxylic acids is 1. The summed E-state index contributed by atoms with van der Waals surface area (Å²) in [6.07, 6.45) is 2.72. The number of alkyl halides is 1. The summed E-state index contributed by atoms with van der Waals surface area (Å²) in [7, 11) is 0. The van der Waals surface area contributed by atoms with Crippen LogP contribution < -0.4 is 5.32 Å². The van der Waals surface area contributed by atoms with Crippen LogP contribution in [0.15, 0.2) is 0 Å². The molecule has 2 unspecified atom stereocenters. The summed E-state index contributed by atoms with van der Waals surface area (Å²) in [5.41, 5.74) is 0.0417.